The summed E-state index contributed by atoms with van der Waals surface area (Å²) in [5.74, 6) is 2.17. The Hall–Kier alpha value is -3.67. The molecule has 36 heavy (non-hydrogen) atoms. The number of H-pyrrole nitrogens is 1. The Labute approximate surface area is 209 Å². The summed E-state index contributed by atoms with van der Waals surface area (Å²) in [5, 5.41) is 1.10. The molecule has 11 heteroatoms. The number of rotatable bonds is 4. The van der Waals surface area contributed by atoms with E-state index in [1.807, 2.05) is 25.8 Å². The lowest BCUT2D eigenvalue weighted by Crippen LogP contribution is -2.43. The van der Waals surface area contributed by atoms with Crippen LogP contribution in [0.5, 0.6) is 0 Å². The summed E-state index contributed by atoms with van der Waals surface area (Å²) in [6.45, 7) is 11.7. The van der Waals surface area contributed by atoms with Crippen LogP contribution in [0.25, 0.3) is 33.5 Å². The van der Waals surface area contributed by atoms with Gasteiger partial charge in [-0.15, -0.1) is 0 Å². The van der Waals surface area contributed by atoms with Crippen molar-refractivity contribution in [2.24, 2.45) is 0 Å². The van der Waals surface area contributed by atoms with Crippen molar-refractivity contribution < 1.29 is 18.7 Å². The monoisotopic (exact) mass is 493 g/mol. The predicted octanol–water partition coefficient (Wildman–Crippen LogP) is 1.98. The third-order valence-electron chi connectivity index (χ3n) is 6.38. The molecule has 0 radical (unpaired) electrons. The van der Waals surface area contributed by atoms with Crippen molar-refractivity contribution in [3.63, 3.8) is 0 Å². The lowest BCUT2D eigenvalue weighted by atomic mass is 10.1. The van der Waals surface area contributed by atoms with Gasteiger partial charge < -0.3 is 33.5 Å². The Kier molecular flexibility index (Phi) is 8.36. The van der Waals surface area contributed by atoms with Gasteiger partial charge in [0.1, 0.15) is 13.6 Å². The number of aromatic amines is 1. The van der Waals surface area contributed by atoms with Crippen LogP contribution in [-0.4, -0.2) is 103 Å². The first kappa shape index (κ1) is 25.4. The van der Waals surface area contributed by atoms with Gasteiger partial charge >= 0.3 is 0 Å². The molecule has 6 rings (SSSR count). The number of likely N-dealkylation sites (N-methyl/N-ethyl adjacent to an activating group) is 1. The first-order chi connectivity index (χ1) is 17.7. The van der Waals surface area contributed by atoms with Crippen molar-refractivity contribution in [1.29, 1.82) is 0 Å². The van der Waals surface area contributed by atoms with Gasteiger partial charge in [0.2, 0.25) is 17.1 Å². The number of ether oxygens (including phenoxy) is 1. The number of oxazole rings is 1. The molecule has 5 heterocycles. The average molecular weight is 494 g/mol. The Morgan fingerprint density at radius 3 is 2.44 bits per heavy atom. The van der Waals surface area contributed by atoms with Gasteiger partial charge in [0, 0.05) is 61.9 Å². The molecule has 1 aromatic carbocycles. The molecule has 0 spiro atoms. The molecule has 2 aliphatic heterocycles. The Balaban J connectivity index is 0.000000726. The maximum absolute atomic E-state index is 8.00. The highest BCUT2D eigenvalue weighted by molar-refractivity contribution is 5.95. The van der Waals surface area contributed by atoms with E-state index in [0.717, 1.165) is 61.6 Å². The minimum Gasteiger partial charge on any atom is -0.434 e. The number of piperazine rings is 1. The van der Waals surface area contributed by atoms with Crippen molar-refractivity contribution in [1.82, 2.24) is 29.7 Å². The van der Waals surface area contributed by atoms with Crippen LogP contribution in [0, 0.1) is 0 Å². The standard InChI is InChI=1S/C23H27N7O2.2CH2O/c1-28-7-9-29(10-8-28)15-19-25-22-20(32-19)23(30-11-13-31-14-12-30)27-21(26-22)17-3-2-4-18-16(17)5-6-24-18;2*1-2/h2-6,24H,7-15H2,1H3;2*1H2. The lowest BCUT2D eigenvalue weighted by Gasteiger charge is -2.31. The number of aromatic nitrogens is 4. The fourth-order valence-electron chi connectivity index (χ4n) is 4.51. The maximum atomic E-state index is 8.00. The zero-order valence-corrected chi connectivity index (χ0v) is 20.5. The molecule has 1 N–H and O–H groups in total. The SMILES string of the molecule is C=O.C=O.CN1CCN(Cc2nc3nc(-c4cccc5[nH]ccc45)nc(N4CCOCC4)c3o2)CC1. The highest BCUT2D eigenvalue weighted by Gasteiger charge is 2.24. The van der Waals surface area contributed by atoms with E-state index in [1.165, 1.54) is 0 Å². The number of benzene rings is 1. The first-order valence-electron chi connectivity index (χ1n) is 11.8. The largest absolute Gasteiger partial charge is 0.434 e. The summed E-state index contributed by atoms with van der Waals surface area (Å²) >= 11 is 0. The fourth-order valence-corrected chi connectivity index (χ4v) is 4.51. The number of fused-ring (bicyclic) bond motifs is 2. The molecule has 3 aromatic heterocycles. The number of nitrogens with one attached hydrogen (secondary N) is 1. The van der Waals surface area contributed by atoms with Crippen molar-refractivity contribution >= 4 is 41.5 Å². The average Bonchev–Trinajstić information content (AvgIpc) is 3.59. The summed E-state index contributed by atoms with van der Waals surface area (Å²) in [6.07, 6.45) is 1.94. The van der Waals surface area contributed by atoms with E-state index in [1.54, 1.807) is 0 Å². The molecule has 0 saturated carbocycles. The molecule has 0 unspecified atom stereocenters. The number of nitrogens with zero attached hydrogens (tertiary/aromatic N) is 6. The van der Waals surface area contributed by atoms with Gasteiger partial charge in [-0.2, -0.15) is 4.98 Å². The molecule has 2 aliphatic rings. The third-order valence-corrected chi connectivity index (χ3v) is 6.38. The van der Waals surface area contributed by atoms with E-state index < -0.39 is 0 Å². The summed E-state index contributed by atoms with van der Waals surface area (Å²) < 4.78 is 11.8. The van der Waals surface area contributed by atoms with Crippen LogP contribution in [-0.2, 0) is 20.9 Å². The van der Waals surface area contributed by atoms with Crippen molar-refractivity contribution in [2.45, 2.75) is 6.54 Å². The van der Waals surface area contributed by atoms with E-state index in [9.17, 15) is 0 Å². The summed E-state index contributed by atoms with van der Waals surface area (Å²) in [6, 6.07) is 8.21. The van der Waals surface area contributed by atoms with Crippen molar-refractivity contribution in [3.05, 3.63) is 36.4 Å². The van der Waals surface area contributed by atoms with E-state index >= 15 is 0 Å². The van der Waals surface area contributed by atoms with Crippen LogP contribution < -0.4 is 4.90 Å². The second kappa shape index (κ2) is 11.8. The quantitative estimate of drug-likeness (QED) is 0.452. The Morgan fingerprint density at radius 1 is 0.944 bits per heavy atom. The molecule has 0 amide bonds. The molecule has 190 valence electrons. The van der Waals surface area contributed by atoms with E-state index in [4.69, 9.17) is 33.7 Å². The van der Waals surface area contributed by atoms with Gasteiger partial charge in [0.15, 0.2) is 11.6 Å². The van der Waals surface area contributed by atoms with E-state index in [0.29, 0.717) is 42.7 Å². The predicted molar refractivity (Wildman–Crippen MR) is 137 cm³/mol. The molecule has 0 atom stereocenters. The van der Waals surface area contributed by atoms with Gasteiger partial charge in [-0.3, -0.25) is 4.90 Å². The van der Waals surface area contributed by atoms with Crippen LogP contribution in [0.15, 0.2) is 34.9 Å². The topological polar surface area (TPSA) is 121 Å². The smallest absolute Gasteiger partial charge is 0.216 e. The number of carbonyl (C=O) groups is 2. The maximum Gasteiger partial charge on any atom is 0.216 e. The van der Waals surface area contributed by atoms with Crippen LogP contribution in [0.2, 0.25) is 0 Å². The highest BCUT2D eigenvalue weighted by Crippen LogP contribution is 2.32. The zero-order chi connectivity index (χ0) is 25.5. The van der Waals surface area contributed by atoms with Crippen LogP contribution in [0.1, 0.15) is 5.89 Å². The first-order valence-corrected chi connectivity index (χ1v) is 11.8. The second-order valence-electron chi connectivity index (χ2n) is 8.55. The van der Waals surface area contributed by atoms with Gasteiger partial charge in [-0.05, 0) is 19.2 Å². The van der Waals surface area contributed by atoms with Gasteiger partial charge in [0.25, 0.3) is 0 Å². The zero-order valence-electron chi connectivity index (χ0n) is 20.5. The molecule has 11 nitrogen and oxygen atoms in total. The summed E-state index contributed by atoms with van der Waals surface area (Å²) in [7, 11) is 2.16. The third kappa shape index (κ3) is 5.27. The molecule has 4 aromatic rings. The van der Waals surface area contributed by atoms with Crippen LogP contribution in [0.4, 0.5) is 5.82 Å². The number of carbonyl (C=O) groups excluding carboxylic acids is 2. The van der Waals surface area contributed by atoms with Crippen LogP contribution >= 0.6 is 0 Å². The minimum absolute atomic E-state index is 0.619. The molecule has 0 bridgehead atoms. The van der Waals surface area contributed by atoms with E-state index in [2.05, 4.69) is 44.9 Å². The normalized spacial score (nSPS) is 16.9. The number of morpholine rings is 1. The molecule has 0 aliphatic carbocycles. The van der Waals surface area contributed by atoms with E-state index in [-0.39, 0.29) is 0 Å². The van der Waals surface area contributed by atoms with Gasteiger partial charge in [-0.25, -0.2) is 9.97 Å². The summed E-state index contributed by atoms with van der Waals surface area (Å²) in [4.78, 5) is 40.8. The number of hydrogen-bond acceptors (Lipinski definition) is 10. The minimum atomic E-state index is 0.619. The molecule has 2 fully saturated rings. The Bertz CT molecular complexity index is 1270. The number of hydrogen-bond donors (Lipinski definition) is 1. The van der Waals surface area contributed by atoms with Gasteiger partial charge in [0.05, 0.1) is 19.8 Å². The lowest BCUT2D eigenvalue weighted by molar-refractivity contribution is -0.0987. The molecular weight excluding hydrogens is 462 g/mol. The fraction of sp³-hybridized carbons (Fsp3) is 0.400. The molecular formula is C25H31N7O4. The van der Waals surface area contributed by atoms with Crippen LogP contribution in [0.3, 0.4) is 0 Å². The second-order valence-corrected chi connectivity index (χ2v) is 8.55. The number of anilines is 1. The Morgan fingerprint density at radius 2 is 1.69 bits per heavy atom. The van der Waals surface area contributed by atoms with Crippen molar-refractivity contribution in [2.75, 3.05) is 64.4 Å². The summed E-state index contributed by atoms with van der Waals surface area (Å²) in [5.41, 5.74) is 3.34. The molecule has 2 saturated heterocycles. The highest BCUT2D eigenvalue weighted by atomic mass is 16.5. The van der Waals surface area contributed by atoms with Crippen molar-refractivity contribution in [3.8, 4) is 11.4 Å². The van der Waals surface area contributed by atoms with Gasteiger partial charge in [-0.1, -0.05) is 12.1 Å².